The second kappa shape index (κ2) is 7.08. The van der Waals surface area contributed by atoms with E-state index in [0.717, 1.165) is 5.56 Å². The summed E-state index contributed by atoms with van der Waals surface area (Å²) in [7, 11) is 0. The molecule has 2 N–H and O–H groups in total. The molecule has 2 heterocycles. The van der Waals surface area contributed by atoms with Gasteiger partial charge in [0.15, 0.2) is 5.78 Å². The van der Waals surface area contributed by atoms with Crippen molar-refractivity contribution < 1.29 is 19.2 Å². The number of aromatic hydroxyl groups is 1. The van der Waals surface area contributed by atoms with Crippen LogP contribution in [0.4, 0.5) is 5.69 Å². The standard InChI is InChI=1S/C18H13N3O6/c1-10(22)11-2-4-12(5-3-11)14-8-6-13(27-14)7-9-15-19-17(23)16(21(25)26)18(24)20-15/h2-9H,1H3,(H2,19,20,23,24). The van der Waals surface area contributed by atoms with Crippen LogP contribution in [-0.4, -0.2) is 25.8 Å². The third-order valence-corrected chi connectivity index (χ3v) is 3.69. The maximum Gasteiger partial charge on any atom is 0.395 e. The van der Waals surface area contributed by atoms with E-state index in [1.807, 2.05) is 0 Å². The second-order valence-electron chi connectivity index (χ2n) is 5.55. The Kier molecular flexibility index (Phi) is 4.67. The lowest BCUT2D eigenvalue weighted by molar-refractivity contribution is -0.387. The number of furan rings is 1. The largest absolute Gasteiger partial charge is 0.488 e. The van der Waals surface area contributed by atoms with Gasteiger partial charge in [-0.05, 0) is 31.2 Å². The number of benzene rings is 1. The van der Waals surface area contributed by atoms with Crippen molar-refractivity contribution in [1.29, 1.82) is 0 Å². The van der Waals surface area contributed by atoms with Crippen molar-refractivity contribution in [3.63, 3.8) is 0 Å². The van der Waals surface area contributed by atoms with Crippen molar-refractivity contribution in [3.05, 3.63) is 74.0 Å². The molecule has 0 saturated carbocycles. The van der Waals surface area contributed by atoms with Gasteiger partial charge in [-0.3, -0.25) is 19.7 Å². The van der Waals surface area contributed by atoms with Gasteiger partial charge >= 0.3 is 11.2 Å². The van der Waals surface area contributed by atoms with E-state index in [2.05, 4.69) is 9.97 Å². The molecule has 0 saturated heterocycles. The number of carbonyl (C=O) groups excluding carboxylic acids is 1. The minimum absolute atomic E-state index is 0.0301. The van der Waals surface area contributed by atoms with E-state index in [1.54, 1.807) is 36.4 Å². The Morgan fingerprint density at radius 1 is 1.22 bits per heavy atom. The zero-order valence-electron chi connectivity index (χ0n) is 14.0. The number of aromatic amines is 1. The average molecular weight is 367 g/mol. The Hall–Kier alpha value is -4.01. The molecule has 3 aromatic rings. The first-order valence-electron chi connectivity index (χ1n) is 7.72. The van der Waals surface area contributed by atoms with Gasteiger partial charge in [0, 0.05) is 11.1 Å². The number of H-pyrrole nitrogens is 1. The van der Waals surface area contributed by atoms with Crippen molar-refractivity contribution in [2.75, 3.05) is 0 Å². The van der Waals surface area contributed by atoms with Gasteiger partial charge in [-0.2, -0.15) is 4.98 Å². The number of hydrogen-bond donors (Lipinski definition) is 2. The first kappa shape index (κ1) is 17.8. The van der Waals surface area contributed by atoms with Gasteiger partial charge < -0.3 is 14.5 Å². The highest BCUT2D eigenvalue weighted by molar-refractivity contribution is 5.94. The van der Waals surface area contributed by atoms with E-state index in [9.17, 15) is 24.8 Å². The van der Waals surface area contributed by atoms with Crippen LogP contribution in [0, 0.1) is 10.1 Å². The number of rotatable bonds is 5. The van der Waals surface area contributed by atoms with E-state index < -0.39 is 22.0 Å². The molecule has 0 radical (unpaired) electrons. The lowest BCUT2D eigenvalue weighted by Gasteiger charge is -1.99. The molecule has 1 aromatic carbocycles. The lowest BCUT2D eigenvalue weighted by Crippen LogP contribution is -2.14. The molecule has 3 rings (SSSR count). The highest BCUT2D eigenvalue weighted by atomic mass is 16.6. The predicted octanol–water partition coefficient (Wildman–Crippen LogP) is 3.02. The number of nitro groups is 1. The highest BCUT2D eigenvalue weighted by Gasteiger charge is 2.21. The van der Waals surface area contributed by atoms with Crippen molar-refractivity contribution in [2.45, 2.75) is 6.92 Å². The summed E-state index contributed by atoms with van der Waals surface area (Å²) in [6.45, 7) is 1.49. The van der Waals surface area contributed by atoms with Crippen LogP contribution in [0.3, 0.4) is 0 Å². The van der Waals surface area contributed by atoms with E-state index in [1.165, 1.54) is 19.1 Å². The first-order valence-corrected chi connectivity index (χ1v) is 7.72. The van der Waals surface area contributed by atoms with Crippen LogP contribution in [0.25, 0.3) is 23.5 Å². The molecule has 9 heteroatoms. The fourth-order valence-electron chi connectivity index (χ4n) is 2.34. The molecule has 9 nitrogen and oxygen atoms in total. The van der Waals surface area contributed by atoms with Crippen molar-refractivity contribution in [1.82, 2.24) is 9.97 Å². The summed E-state index contributed by atoms with van der Waals surface area (Å²) in [4.78, 5) is 38.3. The number of carbonyl (C=O) groups is 1. The molecule has 0 aliphatic heterocycles. The molecule has 0 spiro atoms. The van der Waals surface area contributed by atoms with Gasteiger partial charge in [0.2, 0.25) is 0 Å². The molecule has 136 valence electrons. The maximum atomic E-state index is 11.6. The number of nitrogens with one attached hydrogen (secondary N) is 1. The van der Waals surface area contributed by atoms with E-state index in [0.29, 0.717) is 17.1 Å². The van der Waals surface area contributed by atoms with E-state index in [4.69, 9.17) is 4.42 Å². The molecule has 0 bridgehead atoms. The SMILES string of the molecule is CC(=O)c1ccc(-c2ccc(C=Cc3nc(O)c([N+](=O)[O-])c(=O)[nH]3)o2)cc1. The van der Waals surface area contributed by atoms with Gasteiger partial charge in [0.05, 0.1) is 4.92 Å². The van der Waals surface area contributed by atoms with Crippen LogP contribution in [-0.2, 0) is 0 Å². The number of ketones is 1. The quantitative estimate of drug-likeness (QED) is 0.401. The minimum atomic E-state index is -1.06. The topological polar surface area (TPSA) is 139 Å². The molecule has 27 heavy (non-hydrogen) atoms. The molecule has 0 amide bonds. The molecule has 0 aliphatic carbocycles. The highest BCUT2D eigenvalue weighted by Crippen LogP contribution is 2.24. The number of hydrogen-bond acceptors (Lipinski definition) is 7. The Morgan fingerprint density at radius 2 is 1.93 bits per heavy atom. The molecule has 0 aliphatic rings. The minimum Gasteiger partial charge on any atom is -0.488 e. The third-order valence-electron chi connectivity index (χ3n) is 3.69. The van der Waals surface area contributed by atoms with Gasteiger partial charge in [-0.15, -0.1) is 0 Å². The normalized spacial score (nSPS) is 11.0. The molecule has 2 aromatic heterocycles. The third kappa shape index (κ3) is 3.82. The average Bonchev–Trinajstić information content (AvgIpc) is 3.08. The summed E-state index contributed by atoms with van der Waals surface area (Å²) in [6, 6.07) is 10.3. The van der Waals surface area contributed by atoms with Gasteiger partial charge in [-0.1, -0.05) is 24.3 Å². The van der Waals surface area contributed by atoms with Crippen LogP contribution in [0.1, 0.15) is 28.9 Å². The summed E-state index contributed by atoms with van der Waals surface area (Å²) in [6.07, 6.45) is 2.82. The number of nitrogens with zero attached hydrogens (tertiary/aromatic N) is 2. The van der Waals surface area contributed by atoms with Crippen LogP contribution in [0.5, 0.6) is 5.88 Å². The predicted molar refractivity (Wildman–Crippen MR) is 96.3 cm³/mol. The van der Waals surface area contributed by atoms with E-state index >= 15 is 0 Å². The van der Waals surface area contributed by atoms with Gasteiger partial charge in [0.1, 0.15) is 17.3 Å². The Morgan fingerprint density at radius 3 is 2.52 bits per heavy atom. The summed E-state index contributed by atoms with van der Waals surface area (Å²) >= 11 is 0. The molecular weight excluding hydrogens is 354 g/mol. The van der Waals surface area contributed by atoms with Gasteiger partial charge in [-0.25, -0.2) is 0 Å². The van der Waals surface area contributed by atoms with Crippen molar-refractivity contribution in [3.8, 4) is 17.2 Å². The Labute approximate surface area is 151 Å². The van der Waals surface area contributed by atoms with Crippen LogP contribution >= 0.6 is 0 Å². The summed E-state index contributed by atoms with van der Waals surface area (Å²) in [5.74, 6) is -0.0581. The van der Waals surface area contributed by atoms with Crippen LogP contribution in [0.2, 0.25) is 0 Å². The van der Waals surface area contributed by atoms with Crippen molar-refractivity contribution in [2.24, 2.45) is 0 Å². The lowest BCUT2D eigenvalue weighted by atomic mass is 10.1. The first-order chi connectivity index (χ1) is 12.8. The summed E-state index contributed by atoms with van der Waals surface area (Å²) in [5, 5.41) is 20.2. The molecule has 0 unspecified atom stereocenters. The molecule has 0 atom stereocenters. The summed E-state index contributed by atoms with van der Waals surface area (Å²) < 4.78 is 5.65. The monoisotopic (exact) mass is 367 g/mol. The second-order valence-corrected chi connectivity index (χ2v) is 5.55. The fourth-order valence-corrected chi connectivity index (χ4v) is 2.34. The van der Waals surface area contributed by atoms with Gasteiger partial charge in [0.25, 0.3) is 5.88 Å². The number of Topliss-reactive ketones (excluding diaryl/α,β-unsaturated/α-hetero) is 1. The molecular formula is C18H13N3O6. The maximum absolute atomic E-state index is 11.6. The Balaban J connectivity index is 1.82. The van der Waals surface area contributed by atoms with Crippen LogP contribution < -0.4 is 5.56 Å². The fraction of sp³-hybridized carbons (Fsp3) is 0.0556. The molecule has 0 fully saturated rings. The summed E-state index contributed by atoms with van der Waals surface area (Å²) in [5.41, 5.74) is -0.697. The zero-order valence-corrected chi connectivity index (χ0v) is 14.0. The number of aromatic nitrogens is 2. The smallest absolute Gasteiger partial charge is 0.395 e. The zero-order chi connectivity index (χ0) is 19.6. The Bertz CT molecular complexity index is 1110. The van der Waals surface area contributed by atoms with E-state index in [-0.39, 0.29) is 11.6 Å². The van der Waals surface area contributed by atoms with Crippen molar-refractivity contribution >= 4 is 23.6 Å². The van der Waals surface area contributed by atoms with Crippen LogP contribution in [0.15, 0.2) is 45.6 Å².